The third-order valence-corrected chi connectivity index (χ3v) is 3.32. The van der Waals surface area contributed by atoms with Gasteiger partial charge in [0.25, 0.3) is 0 Å². The fraction of sp³-hybridized carbons (Fsp3) is 0.125. The van der Waals surface area contributed by atoms with Gasteiger partial charge < -0.3 is 0 Å². The van der Waals surface area contributed by atoms with Gasteiger partial charge in [0.15, 0.2) is 0 Å². The minimum atomic E-state index is 0.521. The Balaban J connectivity index is 3.28. The normalized spacial score (nSPS) is 9.50. The molecule has 0 bridgehead atoms. The van der Waals surface area contributed by atoms with Gasteiger partial charge in [-0.1, -0.05) is 27.5 Å². The number of halogens is 3. The standard InChI is InChI=1S/C8H4BrClIN/c9-3-5-1-7(10)6(4-12)2-8(5)11/h1-2H,3H2. The quantitative estimate of drug-likeness (QED) is 0.556. The van der Waals surface area contributed by atoms with Gasteiger partial charge >= 0.3 is 0 Å². The van der Waals surface area contributed by atoms with Crippen LogP contribution in [0.15, 0.2) is 12.1 Å². The monoisotopic (exact) mass is 355 g/mol. The Morgan fingerprint density at radius 1 is 1.58 bits per heavy atom. The molecule has 0 radical (unpaired) electrons. The molecule has 0 amide bonds. The molecule has 0 atom stereocenters. The Bertz CT molecular complexity index is 345. The van der Waals surface area contributed by atoms with Crippen LogP contribution in [-0.4, -0.2) is 0 Å². The first-order valence-electron chi connectivity index (χ1n) is 3.13. The van der Waals surface area contributed by atoms with Gasteiger partial charge in [-0.3, -0.25) is 0 Å². The molecule has 1 aromatic rings. The van der Waals surface area contributed by atoms with Crippen molar-refractivity contribution in [3.8, 4) is 6.07 Å². The van der Waals surface area contributed by atoms with E-state index in [1.54, 1.807) is 6.07 Å². The van der Waals surface area contributed by atoms with Crippen LogP contribution in [0.5, 0.6) is 0 Å². The summed E-state index contributed by atoms with van der Waals surface area (Å²) >= 11 is 11.4. The van der Waals surface area contributed by atoms with Gasteiger partial charge in [-0.25, -0.2) is 0 Å². The summed E-state index contributed by atoms with van der Waals surface area (Å²) in [5, 5.41) is 9.94. The number of nitriles is 1. The van der Waals surface area contributed by atoms with Crippen LogP contribution in [-0.2, 0) is 5.33 Å². The molecule has 0 aliphatic heterocycles. The first kappa shape index (κ1) is 10.3. The molecule has 0 fully saturated rings. The highest BCUT2D eigenvalue weighted by atomic mass is 127. The first-order chi connectivity index (χ1) is 5.69. The molecular formula is C8H4BrClIN. The third kappa shape index (κ3) is 2.12. The zero-order valence-corrected chi connectivity index (χ0v) is 10.4. The van der Waals surface area contributed by atoms with E-state index >= 15 is 0 Å². The molecule has 0 saturated carbocycles. The minimum Gasteiger partial charge on any atom is -0.192 e. The lowest BCUT2D eigenvalue weighted by atomic mass is 10.2. The van der Waals surface area contributed by atoms with Gasteiger partial charge in [-0.15, -0.1) is 0 Å². The summed E-state index contributed by atoms with van der Waals surface area (Å²) in [6.45, 7) is 0. The predicted molar refractivity (Wildman–Crippen MR) is 61.5 cm³/mol. The molecule has 0 spiro atoms. The van der Waals surface area contributed by atoms with E-state index in [0.717, 1.165) is 14.5 Å². The maximum absolute atomic E-state index is 8.66. The van der Waals surface area contributed by atoms with Crippen molar-refractivity contribution in [3.63, 3.8) is 0 Å². The van der Waals surface area contributed by atoms with E-state index in [4.69, 9.17) is 16.9 Å². The van der Waals surface area contributed by atoms with E-state index in [-0.39, 0.29) is 0 Å². The van der Waals surface area contributed by atoms with Crippen molar-refractivity contribution in [1.82, 2.24) is 0 Å². The van der Waals surface area contributed by atoms with Crippen molar-refractivity contribution < 1.29 is 0 Å². The van der Waals surface area contributed by atoms with Crippen LogP contribution in [0, 0.1) is 14.9 Å². The first-order valence-corrected chi connectivity index (χ1v) is 5.71. The molecular weight excluding hydrogens is 352 g/mol. The maximum atomic E-state index is 8.66. The average molecular weight is 356 g/mol. The lowest BCUT2D eigenvalue weighted by molar-refractivity contribution is 1.37. The van der Waals surface area contributed by atoms with Gasteiger partial charge in [0, 0.05) is 8.90 Å². The molecule has 0 aromatic heterocycles. The number of nitrogens with zero attached hydrogens (tertiary/aromatic N) is 1. The summed E-state index contributed by atoms with van der Waals surface area (Å²) < 4.78 is 1.06. The van der Waals surface area contributed by atoms with Crippen molar-refractivity contribution in [2.45, 2.75) is 5.33 Å². The summed E-state index contributed by atoms with van der Waals surface area (Å²) in [5.41, 5.74) is 1.64. The molecule has 0 aliphatic carbocycles. The minimum absolute atomic E-state index is 0.521. The maximum Gasteiger partial charge on any atom is 0.101 e. The Morgan fingerprint density at radius 3 is 2.75 bits per heavy atom. The van der Waals surface area contributed by atoms with Crippen molar-refractivity contribution in [1.29, 1.82) is 5.26 Å². The molecule has 0 saturated heterocycles. The number of benzene rings is 1. The van der Waals surface area contributed by atoms with Crippen molar-refractivity contribution in [2.24, 2.45) is 0 Å². The number of hydrogen-bond acceptors (Lipinski definition) is 1. The second kappa shape index (κ2) is 4.45. The van der Waals surface area contributed by atoms with Crippen LogP contribution in [0.1, 0.15) is 11.1 Å². The van der Waals surface area contributed by atoms with Crippen molar-refractivity contribution in [2.75, 3.05) is 0 Å². The van der Waals surface area contributed by atoms with E-state index in [9.17, 15) is 0 Å². The Kier molecular flexibility index (Phi) is 3.81. The molecule has 0 N–H and O–H groups in total. The lowest BCUT2D eigenvalue weighted by Gasteiger charge is -2.01. The second-order valence-electron chi connectivity index (χ2n) is 2.17. The van der Waals surface area contributed by atoms with Gasteiger partial charge in [0.2, 0.25) is 0 Å². The predicted octanol–water partition coefficient (Wildman–Crippen LogP) is 3.71. The van der Waals surface area contributed by atoms with Crippen LogP contribution in [0.4, 0.5) is 0 Å². The van der Waals surface area contributed by atoms with Gasteiger partial charge in [0.05, 0.1) is 10.6 Å². The molecule has 1 nitrogen and oxygen atoms in total. The summed E-state index contributed by atoms with van der Waals surface area (Å²) in [6.07, 6.45) is 0. The average Bonchev–Trinajstić information content (AvgIpc) is 2.08. The zero-order chi connectivity index (χ0) is 9.14. The summed E-state index contributed by atoms with van der Waals surface area (Å²) in [4.78, 5) is 0. The Hall–Kier alpha value is 0.210. The highest BCUT2D eigenvalue weighted by Gasteiger charge is 2.04. The molecule has 12 heavy (non-hydrogen) atoms. The number of rotatable bonds is 1. The lowest BCUT2D eigenvalue weighted by Crippen LogP contribution is -1.87. The van der Waals surface area contributed by atoms with Gasteiger partial charge in [0.1, 0.15) is 6.07 Å². The topological polar surface area (TPSA) is 23.8 Å². The van der Waals surface area contributed by atoms with Crippen LogP contribution >= 0.6 is 50.1 Å². The Morgan fingerprint density at radius 2 is 2.25 bits per heavy atom. The Labute approximate surface area is 98.0 Å². The van der Waals surface area contributed by atoms with Crippen LogP contribution in [0.3, 0.4) is 0 Å². The van der Waals surface area contributed by atoms with Crippen molar-refractivity contribution in [3.05, 3.63) is 31.9 Å². The summed E-state index contributed by atoms with van der Waals surface area (Å²) in [5.74, 6) is 0. The molecule has 0 unspecified atom stereocenters. The van der Waals surface area contributed by atoms with E-state index in [1.165, 1.54) is 0 Å². The van der Waals surface area contributed by atoms with Crippen LogP contribution < -0.4 is 0 Å². The van der Waals surface area contributed by atoms with Gasteiger partial charge in [-0.2, -0.15) is 5.26 Å². The van der Waals surface area contributed by atoms with E-state index in [2.05, 4.69) is 38.5 Å². The third-order valence-electron chi connectivity index (χ3n) is 1.40. The smallest absolute Gasteiger partial charge is 0.101 e. The molecule has 62 valence electrons. The molecule has 1 rings (SSSR count). The van der Waals surface area contributed by atoms with Gasteiger partial charge in [-0.05, 0) is 40.3 Å². The fourth-order valence-electron chi connectivity index (χ4n) is 0.776. The second-order valence-corrected chi connectivity index (χ2v) is 4.30. The number of alkyl halides is 1. The highest BCUT2D eigenvalue weighted by molar-refractivity contribution is 14.1. The van der Waals surface area contributed by atoms with Crippen molar-refractivity contribution >= 4 is 50.1 Å². The highest BCUT2D eigenvalue weighted by Crippen LogP contribution is 2.23. The largest absolute Gasteiger partial charge is 0.192 e. The number of hydrogen-bond donors (Lipinski definition) is 0. The van der Waals surface area contributed by atoms with E-state index in [1.807, 2.05) is 12.1 Å². The van der Waals surface area contributed by atoms with E-state index in [0.29, 0.717) is 10.6 Å². The van der Waals surface area contributed by atoms with Crippen LogP contribution in [0.25, 0.3) is 0 Å². The van der Waals surface area contributed by atoms with E-state index < -0.39 is 0 Å². The fourth-order valence-corrected chi connectivity index (χ4v) is 2.65. The molecule has 1 aromatic carbocycles. The summed E-state index contributed by atoms with van der Waals surface area (Å²) in [6, 6.07) is 5.64. The zero-order valence-electron chi connectivity index (χ0n) is 5.94. The molecule has 0 heterocycles. The molecule has 0 aliphatic rings. The molecule has 4 heteroatoms. The van der Waals surface area contributed by atoms with Crippen LogP contribution in [0.2, 0.25) is 5.02 Å². The summed E-state index contributed by atoms with van der Waals surface area (Å²) in [7, 11) is 0. The SMILES string of the molecule is N#Cc1cc(I)c(CBr)cc1Cl.